The quantitative estimate of drug-likeness (QED) is 0.548. The monoisotopic (exact) mass is 428 g/mol. The predicted octanol–water partition coefficient (Wildman–Crippen LogP) is 6.65. The van der Waals surface area contributed by atoms with Crippen molar-refractivity contribution in [3.05, 3.63) is 23.3 Å². The van der Waals surface area contributed by atoms with Crippen LogP contribution in [-0.4, -0.2) is 26.6 Å². The van der Waals surface area contributed by atoms with E-state index in [9.17, 15) is 5.11 Å². The van der Waals surface area contributed by atoms with E-state index < -0.39 is 8.32 Å². The second-order valence-electron chi connectivity index (χ2n) is 12.5. The summed E-state index contributed by atoms with van der Waals surface area (Å²) >= 11 is 0. The Morgan fingerprint density at radius 3 is 2.57 bits per heavy atom. The maximum atomic E-state index is 10.3. The van der Waals surface area contributed by atoms with Crippen LogP contribution >= 0.6 is 0 Å². The Balaban J connectivity index is 1.47. The van der Waals surface area contributed by atoms with Crippen LogP contribution in [0.4, 0.5) is 0 Å². The highest BCUT2D eigenvalue weighted by Gasteiger charge is 2.77. The van der Waals surface area contributed by atoms with Gasteiger partial charge in [-0.15, -0.1) is 0 Å². The SMILES string of the molecule is COc1cc2c(cc1O)CC[C@@H]1[C@@H]2CC[C@]2(C)[C@@H](O[Si](C)(C)C(C)(C)C)C[C@@H]3C[C@]312. The summed E-state index contributed by atoms with van der Waals surface area (Å²) < 4.78 is 12.6. The standard InChI is InChI=1S/C26H40O3Si/c1-24(2,3)30(6,7)29-23-13-17-15-26(17)20-9-8-16-12-21(27)22(28-5)14-19(16)18(20)10-11-25(23,26)4/h12,14,17-18,20,23,27H,8-11,13,15H2,1-7H3/t17-,18-,20-,23+,25-,26+/m1/s1. The zero-order valence-electron chi connectivity index (χ0n) is 20.0. The van der Waals surface area contributed by atoms with Crippen molar-refractivity contribution in [3.63, 3.8) is 0 Å². The van der Waals surface area contributed by atoms with Crippen molar-refractivity contribution in [3.8, 4) is 11.5 Å². The van der Waals surface area contributed by atoms with Gasteiger partial charge in [-0.25, -0.2) is 0 Å². The van der Waals surface area contributed by atoms with Crippen molar-refractivity contribution in [1.82, 2.24) is 0 Å². The first-order valence-electron chi connectivity index (χ1n) is 12.0. The van der Waals surface area contributed by atoms with Gasteiger partial charge >= 0.3 is 0 Å². The summed E-state index contributed by atoms with van der Waals surface area (Å²) in [7, 11) is -0.108. The van der Waals surface area contributed by atoms with E-state index in [0.29, 0.717) is 34.4 Å². The second-order valence-corrected chi connectivity index (χ2v) is 17.2. The van der Waals surface area contributed by atoms with Crippen molar-refractivity contribution >= 4 is 8.32 Å². The lowest BCUT2D eigenvalue weighted by atomic mass is 9.52. The lowest BCUT2D eigenvalue weighted by molar-refractivity contribution is -0.0501. The Morgan fingerprint density at radius 2 is 1.90 bits per heavy atom. The van der Waals surface area contributed by atoms with Gasteiger partial charge in [0.2, 0.25) is 0 Å². The molecule has 6 atom stereocenters. The Morgan fingerprint density at radius 1 is 1.17 bits per heavy atom. The van der Waals surface area contributed by atoms with Gasteiger partial charge < -0.3 is 14.3 Å². The zero-order chi connectivity index (χ0) is 21.7. The lowest BCUT2D eigenvalue weighted by Crippen LogP contribution is -2.52. The summed E-state index contributed by atoms with van der Waals surface area (Å²) in [5.74, 6) is 3.16. The molecule has 1 N–H and O–H groups in total. The molecule has 4 heteroatoms. The number of hydrogen-bond acceptors (Lipinski definition) is 3. The molecule has 3 saturated carbocycles. The van der Waals surface area contributed by atoms with Crippen LogP contribution in [0.2, 0.25) is 18.1 Å². The molecule has 0 aromatic heterocycles. The van der Waals surface area contributed by atoms with E-state index in [4.69, 9.17) is 9.16 Å². The average molecular weight is 429 g/mol. The Kier molecular flexibility index (Phi) is 4.37. The topological polar surface area (TPSA) is 38.7 Å². The summed E-state index contributed by atoms with van der Waals surface area (Å²) in [5.41, 5.74) is 3.61. The third kappa shape index (κ3) is 2.59. The number of rotatable bonds is 3. The van der Waals surface area contributed by atoms with Gasteiger partial charge in [0.25, 0.3) is 0 Å². The van der Waals surface area contributed by atoms with Gasteiger partial charge in [-0.05, 0) is 109 Å². The highest BCUT2D eigenvalue weighted by atomic mass is 28.4. The Labute approximate surface area is 183 Å². The van der Waals surface area contributed by atoms with Gasteiger partial charge in [0.15, 0.2) is 19.8 Å². The molecule has 3 nitrogen and oxygen atoms in total. The van der Waals surface area contributed by atoms with Crippen molar-refractivity contribution in [1.29, 1.82) is 0 Å². The fourth-order valence-electron chi connectivity index (χ4n) is 7.65. The first-order valence-corrected chi connectivity index (χ1v) is 14.9. The fourth-order valence-corrected chi connectivity index (χ4v) is 9.07. The van der Waals surface area contributed by atoms with Gasteiger partial charge in [-0.2, -0.15) is 0 Å². The minimum Gasteiger partial charge on any atom is -0.504 e. The molecule has 4 aliphatic rings. The van der Waals surface area contributed by atoms with Crippen LogP contribution in [0, 0.1) is 22.7 Å². The first-order chi connectivity index (χ1) is 13.9. The maximum absolute atomic E-state index is 10.3. The number of aryl methyl sites for hydroxylation is 1. The van der Waals surface area contributed by atoms with Crippen LogP contribution in [0.25, 0.3) is 0 Å². The van der Waals surface area contributed by atoms with Gasteiger partial charge in [-0.1, -0.05) is 27.7 Å². The Bertz CT molecular complexity index is 872. The van der Waals surface area contributed by atoms with Crippen LogP contribution in [-0.2, 0) is 10.8 Å². The highest BCUT2D eigenvalue weighted by molar-refractivity contribution is 6.74. The van der Waals surface area contributed by atoms with Crippen LogP contribution in [0.1, 0.15) is 76.8 Å². The molecule has 1 aromatic rings. The molecule has 30 heavy (non-hydrogen) atoms. The maximum Gasteiger partial charge on any atom is 0.192 e. The third-order valence-corrected chi connectivity index (χ3v) is 14.8. The molecule has 1 spiro atoms. The number of phenolic OH excluding ortho intramolecular Hbond substituents is 1. The molecule has 0 heterocycles. The molecule has 0 radical (unpaired) electrons. The van der Waals surface area contributed by atoms with Gasteiger partial charge in [0.05, 0.1) is 13.2 Å². The largest absolute Gasteiger partial charge is 0.504 e. The summed E-state index contributed by atoms with van der Waals surface area (Å²) in [5, 5.41) is 10.6. The van der Waals surface area contributed by atoms with E-state index in [1.807, 2.05) is 6.07 Å². The molecule has 0 aliphatic heterocycles. The van der Waals surface area contributed by atoms with Crippen molar-refractivity contribution in [2.75, 3.05) is 7.11 Å². The second kappa shape index (κ2) is 6.28. The van der Waals surface area contributed by atoms with Crippen LogP contribution < -0.4 is 4.74 Å². The number of phenols is 1. The number of ether oxygens (including phenoxy) is 1. The average Bonchev–Trinajstić information content (AvgIpc) is 3.31. The van der Waals surface area contributed by atoms with E-state index in [1.54, 1.807) is 7.11 Å². The van der Waals surface area contributed by atoms with E-state index in [-0.39, 0.29) is 5.04 Å². The van der Waals surface area contributed by atoms with Crippen LogP contribution in [0.5, 0.6) is 11.5 Å². The van der Waals surface area contributed by atoms with E-state index >= 15 is 0 Å². The molecule has 0 unspecified atom stereocenters. The van der Waals surface area contributed by atoms with Gasteiger partial charge in [-0.3, -0.25) is 0 Å². The summed E-state index contributed by atoms with van der Waals surface area (Å²) in [6, 6.07) is 4.12. The molecule has 0 amide bonds. The highest BCUT2D eigenvalue weighted by Crippen LogP contribution is 2.82. The van der Waals surface area contributed by atoms with Crippen LogP contribution in [0.15, 0.2) is 12.1 Å². The normalized spacial score (nSPS) is 39.6. The summed E-state index contributed by atoms with van der Waals surface area (Å²) in [4.78, 5) is 0. The molecule has 5 rings (SSSR count). The molecule has 166 valence electrons. The molecule has 4 aliphatic carbocycles. The van der Waals surface area contributed by atoms with Crippen molar-refractivity contribution < 1.29 is 14.3 Å². The number of methoxy groups -OCH3 is 1. The van der Waals surface area contributed by atoms with Crippen molar-refractivity contribution in [2.24, 2.45) is 22.7 Å². The minimum absolute atomic E-state index is 0.267. The number of aromatic hydroxyl groups is 1. The number of hydrogen-bond donors (Lipinski definition) is 1. The summed E-state index contributed by atoms with van der Waals surface area (Å²) in [6.45, 7) is 14.5. The fraction of sp³-hybridized carbons (Fsp3) is 0.769. The lowest BCUT2D eigenvalue weighted by Gasteiger charge is -2.55. The minimum atomic E-state index is -1.77. The molecule has 1 aromatic carbocycles. The van der Waals surface area contributed by atoms with Gasteiger partial charge in [0, 0.05) is 0 Å². The Hall–Kier alpha value is -1.00. The molecular formula is C26H40O3Si. The molecule has 0 bridgehead atoms. The smallest absolute Gasteiger partial charge is 0.192 e. The molecular weight excluding hydrogens is 388 g/mol. The number of fused-ring (bicyclic) bond motifs is 3. The summed E-state index contributed by atoms with van der Waals surface area (Å²) in [6.07, 6.45) is 7.99. The zero-order valence-corrected chi connectivity index (χ0v) is 21.0. The third-order valence-electron chi connectivity index (χ3n) is 10.4. The van der Waals surface area contributed by atoms with E-state index in [0.717, 1.165) is 18.3 Å². The predicted molar refractivity (Wildman–Crippen MR) is 124 cm³/mol. The number of benzene rings is 1. The van der Waals surface area contributed by atoms with Crippen LogP contribution in [0.3, 0.4) is 0 Å². The van der Waals surface area contributed by atoms with Gasteiger partial charge in [0.1, 0.15) is 0 Å². The molecule has 3 fully saturated rings. The van der Waals surface area contributed by atoms with Crippen molar-refractivity contribution in [2.45, 2.75) is 96.4 Å². The first kappa shape index (κ1) is 20.9. The van der Waals surface area contributed by atoms with E-state index in [2.05, 4.69) is 46.9 Å². The molecule has 0 saturated heterocycles. The van der Waals surface area contributed by atoms with E-state index in [1.165, 1.54) is 43.2 Å².